The van der Waals surface area contributed by atoms with E-state index >= 15 is 0 Å². The summed E-state index contributed by atoms with van der Waals surface area (Å²) in [4.78, 5) is 14.4. The molecule has 1 saturated heterocycles. The maximum atomic E-state index is 12.0. The van der Waals surface area contributed by atoms with Crippen LogP contribution in [0.25, 0.3) is 6.08 Å². The molecule has 4 heteroatoms. The van der Waals surface area contributed by atoms with Gasteiger partial charge >= 0.3 is 5.97 Å². The number of methoxy groups -OCH3 is 1. The Balaban J connectivity index is 0.00000220. The third-order valence-electron chi connectivity index (χ3n) is 4.08. The van der Waals surface area contributed by atoms with Crippen molar-refractivity contribution in [2.45, 2.75) is 38.8 Å². The highest BCUT2D eigenvalue weighted by Crippen LogP contribution is 2.25. The first-order valence-electron chi connectivity index (χ1n) is 7.21. The lowest BCUT2D eigenvalue weighted by molar-refractivity contribution is -0.136. The maximum Gasteiger partial charge on any atom is 0.335 e. The molecule has 2 atom stereocenters. The van der Waals surface area contributed by atoms with E-state index in [1.807, 2.05) is 36.4 Å². The third-order valence-corrected chi connectivity index (χ3v) is 4.08. The first-order chi connectivity index (χ1) is 9.61. The van der Waals surface area contributed by atoms with Gasteiger partial charge in [-0.15, -0.1) is 17.0 Å². The van der Waals surface area contributed by atoms with Crippen molar-refractivity contribution in [3.63, 3.8) is 0 Å². The Morgan fingerprint density at radius 1 is 1.24 bits per heavy atom. The molecule has 1 aromatic carbocycles. The predicted octanol–water partition coefficient (Wildman–Crippen LogP) is 3.69. The number of rotatable bonds is 4. The molecule has 1 aliphatic heterocycles. The largest absolute Gasteiger partial charge is 0.466 e. The van der Waals surface area contributed by atoms with E-state index in [9.17, 15) is 4.79 Å². The van der Waals surface area contributed by atoms with Gasteiger partial charge in [0.25, 0.3) is 0 Å². The number of benzene rings is 1. The van der Waals surface area contributed by atoms with Crippen molar-refractivity contribution in [1.82, 2.24) is 4.90 Å². The summed E-state index contributed by atoms with van der Waals surface area (Å²) in [7, 11) is 1.44. The summed E-state index contributed by atoms with van der Waals surface area (Å²) in [5.41, 5.74) is 1.76. The van der Waals surface area contributed by atoms with Crippen molar-refractivity contribution in [2.75, 3.05) is 13.7 Å². The number of ether oxygens (including phenoxy) is 1. The van der Waals surface area contributed by atoms with Crippen LogP contribution in [0.2, 0.25) is 0 Å². The van der Waals surface area contributed by atoms with Gasteiger partial charge in [0.2, 0.25) is 0 Å². The van der Waals surface area contributed by atoms with Gasteiger partial charge in [0.1, 0.15) is 0 Å². The summed E-state index contributed by atoms with van der Waals surface area (Å²) in [6.45, 7) is 5.10. The van der Waals surface area contributed by atoms with Crippen molar-refractivity contribution >= 4 is 29.0 Å². The number of halogens is 1. The van der Waals surface area contributed by atoms with E-state index in [0.717, 1.165) is 11.1 Å². The molecule has 0 bridgehead atoms. The minimum Gasteiger partial charge on any atom is -0.466 e. The topological polar surface area (TPSA) is 29.5 Å². The maximum absolute atomic E-state index is 12.0. The fourth-order valence-corrected chi connectivity index (χ4v) is 2.81. The van der Waals surface area contributed by atoms with Gasteiger partial charge < -0.3 is 4.74 Å². The first kappa shape index (κ1) is 17.9. The second-order valence-corrected chi connectivity index (χ2v) is 5.52. The fraction of sp³-hybridized carbons (Fsp3) is 0.471. The van der Waals surface area contributed by atoms with E-state index < -0.39 is 0 Å². The van der Waals surface area contributed by atoms with E-state index in [1.165, 1.54) is 20.0 Å². The van der Waals surface area contributed by atoms with Crippen LogP contribution in [0.3, 0.4) is 0 Å². The predicted molar refractivity (Wildman–Crippen MR) is 91.6 cm³/mol. The molecule has 0 aromatic heterocycles. The highest BCUT2D eigenvalue weighted by molar-refractivity contribution is 8.93. The Labute approximate surface area is 137 Å². The summed E-state index contributed by atoms with van der Waals surface area (Å²) in [6, 6.07) is 11.0. The van der Waals surface area contributed by atoms with E-state index in [1.54, 1.807) is 0 Å². The van der Waals surface area contributed by atoms with E-state index in [-0.39, 0.29) is 23.0 Å². The van der Waals surface area contributed by atoms with Crippen molar-refractivity contribution in [3.8, 4) is 0 Å². The Morgan fingerprint density at radius 3 is 2.33 bits per heavy atom. The zero-order chi connectivity index (χ0) is 14.5. The van der Waals surface area contributed by atoms with E-state index in [0.29, 0.717) is 18.6 Å². The average Bonchev–Trinajstić information content (AvgIpc) is 2.78. The van der Waals surface area contributed by atoms with Crippen LogP contribution in [0.1, 0.15) is 32.3 Å². The summed E-state index contributed by atoms with van der Waals surface area (Å²) in [5.74, 6) is -0.236. The van der Waals surface area contributed by atoms with Crippen LogP contribution < -0.4 is 0 Å². The third kappa shape index (κ3) is 4.68. The van der Waals surface area contributed by atoms with Crippen LogP contribution in [0, 0.1) is 0 Å². The lowest BCUT2D eigenvalue weighted by atomic mass is 10.1. The van der Waals surface area contributed by atoms with Crippen LogP contribution in [0.5, 0.6) is 0 Å². The molecule has 2 rings (SSSR count). The summed E-state index contributed by atoms with van der Waals surface area (Å²) >= 11 is 0. The SMILES string of the molecule is Br.COC(=O)/C(=C\c1ccccc1)CN1C(C)CCC1C. The minimum atomic E-state index is -0.236. The Bertz CT molecular complexity index is 477. The molecule has 1 aliphatic rings. The summed E-state index contributed by atoms with van der Waals surface area (Å²) in [6.07, 6.45) is 4.32. The lowest BCUT2D eigenvalue weighted by Gasteiger charge is -2.26. The second kappa shape index (κ2) is 8.35. The van der Waals surface area contributed by atoms with Gasteiger partial charge in [0, 0.05) is 18.6 Å². The highest BCUT2D eigenvalue weighted by Gasteiger charge is 2.29. The van der Waals surface area contributed by atoms with Gasteiger partial charge in [-0.05, 0) is 38.3 Å². The van der Waals surface area contributed by atoms with Crippen LogP contribution in [-0.4, -0.2) is 36.6 Å². The molecular weight excluding hydrogens is 330 g/mol. The molecule has 0 aliphatic carbocycles. The molecule has 116 valence electrons. The Hall–Kier alpha value is -1.13. The molecule has 0 radical (unpaired) electrons. The van der Waals surface area contributed by atoms with Crippen LogP contribution in [0.4, 0.5) is 0 Å². The van der Waals surface area contributed by atoms with Gasteiger partial charge in [-0.1, -0.05) is 30.3 Å². The van der Waals surface area contributed by atoms with E-state index in [2.05, 4.69) is 18.7 Å². The molecule has 0 N–H and O–H groups in total. The molecular formula is C17H24BrNO2. The quantitative estimate of drug-likeness (QED) is 0.610. The smallest absolute Gasteiger partial charge is 0.335 e. The van der Waals surface area contributed by atoms with Gasteiger partial charge in [0.05, 0.1) is 12.7 Å². The number of carbonyl (C=O) groups excluding carboxylic acids is 1. The lowest BCUT2D eigenvalue weighted by Crippen LogP contribution is -2.35. The summed E-state index contributed by atoms with van der Waals surface area (Å²) < 4.78 is 4.93. The van der Waals surface area contributed by atoms with Crippen LogP contribution in [0.15, 0.2) is 35.9 Å². The molecule has 1 heterocycles. The molecule has 1 fully saturated rings. The molecule has 2 unspecified atom stereocenters. The minimum absolute atomic E-state index is 0. The molecule has 0 saturated carbocycles. The number of hydrogen-bond acceptors (Lipinski definition) is 3. The standard InChI is InChI=1S/C17H23NO2.BrH/c1-13-9-10-14(2)18(13)12-16(17(19)20-3)11-15-7-5-4-6-8-15;/h4-8,11,13-14H,9-10,12H2,1-3H3;1H/b16-11-;. The van der Waals surface area contributed by atoms with Gasteiger partial charge in [-0.25, -0.2) is 4.79 Å². The molecule has 3 nitrogen and oxygen atoms in total. The average molecular weight is 354 g/mol. The molecule has 0 amide bonds. The normalized spacial score (nSPS) is 22.7. The number of hydrogen-bond donors (Lipinski definition) is 0. The van der Waals surface area contributed by atoms with Crippen LogP contribution >= 0.6 is 17.0 Å². The van der Waals surface area contributed by atoms with Crippen molar-refractivity contribution in [3.05, 3.63) is 41.5 Å². The number of likely N-dealkylation sites (tertiary alicyclic amines) is 1. The Kier molecular flexibility index (Phi) is 7.12. The van der Waals surface area contributed by atoms with Gasteiger partial charge in [-0.2, -0.15) is 0 Å². The zero-order valence-electron chi connectivity index (χ0n) is 12.9. The molecule has 21 heavy (non-hydrogen) atoms. The van der Waals surface area contributed by atoms with Gasteiger partial charge in [-0.3, -0.25) is 4.90 Å². The first-order valence-corrected chi connectivity index (χ1v) is 7.21. The van der Waals surface area contributed by atoms with Crippen molar-refractivity contribution in [2.24, 2.45) is 0 Å². The fourth-order valence-electron chi connectivity index (χ4n) is 2.81. The van der Waals surface area contributed by atoms with Crippen LogP contribution in [-0.2, 0) is 9.53 Å². The van der Waals surface area contributed by atoms with E-state index in [4.69, 9.17) is 4.74 Å². The summed E-state index contributed by atoms with van der Waals surface area (Å²) in [5, 5.41) is 0. The number of carbonyl (C=O) groups is 1. The van der Waals surface area contributed by atoms with Crippen molar-refractivity contribution in [1.29, 1.82) is 0 Å². The van der Waals surface area contributed by atoms with Gasteiger partial charge in [0.15, 0.2) is 0 Å². The monoisotopic (exact) mass is 353 g/mol. The zero-order valence-corrected chi connectivity index (χ0v) is 14.6. The van der Waals surface area contributed by atoms with Crippen molar-refractivity contribution < 1.29 is 9.53 Å². The molecule has 1 aromatic rings. The number of nitrogens with zero attached hydrogens (tertiary/aromatic N) is 1. The Morgan fingerprint density at radius 2 is 1.81 bits per heavy atom. The second-order valence-electron chi connectivity index (χ2n) is 5.52. The highest BCUT2D eigenvalue weighted by atomic mass is 79.9. The molecule has 0 spiro atoms. The number of esters is 1.